The van der Waals surface area contributed by atoms with Crippen LogP contribution in [0.5, 0.6) is 0 Å². The van der Waals surface area contributed by atoms with Crippen LogP contribution in [0.4, 0.5) is 5.82 Å². The number of ether oxygens (including phenoxy) is 1. The maximum atomic E-state index is 11.6. The highest BCUT2D eigenvalue weighted by molar-refractivity contribution is 7.89. The Kier molecular flexibility index (Phi) is 5.23. The number of aryl methyl sites for hydroxylation is 2. The predicted molar refractivity (Wildman–Crippen MR) is 89.6 cm³/mol. The second kappa shape index (κ2) is 6.81. The van der Waals surface area contributed by atoms with E-state index in [-0.39, 0.29) is 11.9 Å². The first-order chi connectivity index (χ1) is 10.8. The zero-order valence-electron chi connectivity index (χ0n) is 13.8. The summed E-state index contributed by atoms with van der Waals surface area (Å²) < 4.78 is 32.9. The van der Waals surface area contributed by atoms with Crippen molar-refractivity contribution in [3.8, 4) is 0 Å². The average molecular weight is 341 g/mol. The van der Waals surface area contributed by atoms with Crippen LogP contribution in [-0.2, 0) is 21.3 Å². The summed E-state index contributed by atoms with van der Waals surface area (Å²) in [7, 11) is -0.216. The summed E-state index contributed by atoms with van der Waals surface area (Å²) in [5.74, 6) is 1.12. The number of rotatable bonds is 7. The Morgan fingerprint density at radius 2 is 2.17 bits per heavy atom. The van der Waals surface area contributed by atoms with Gasteiger partial charge in [0.15, 0.2) is 5.82 Å². The Morgan fingerprint density at radius 3 is 2.78 bits per heavy atom. The quantitative estimate of drug-likeness (QED) is 0.776. The molecule has 128 valence electrons. The van der Waals surface area contributed by atoms with Gasteiger partial charge in [-0.05, 0) is 32.9 Å². The van der Waals surface area contributed by atoms with Crippen LogP contribution in [0.3, 0.4) is 0 Å². The van der Waals surface area contributed by atoms with Crippen molar-refractivity contribution in [2.75, 3.05) is 25.6 Å². The van der Waals surface area contributed by atoms with Gasteiger partial charge in [-0.1, -0.05) is 0 Å². The van der Waals surface area contributed by atoms with Crippen LogP contribution < -0.4 is 10.5 Å². The van der Waals surface area contributed by atoms with Gasteiger partial charge < -0.3 is 15.0 Å². The molecule has 1 atom stereocenters. The van der Waals surface area contributed by atoms with E-state index < -0.39 is 10.0 Å². The van der Waals surface area contributed by atoms with E-state index >= 15 is 0 Å². The lowest BCUT2D eigenvalue weighted by molar-refractivity contribution is 0.109. The van der Waals surface area contributed by atoms with E-state index in [9.17, 15) is 8.42 Å². The summed E-state index contributed by atoms with van der Waals surface area (Å²) >= 11 is 0. The van der Waals surface area contributed by atoms with Crippen LogP contribution >= 0.6 is 0 Å². The van der Waals surface area contributed by atoms with E-state index in [4.69, 9.17) is 10.5 Å². The molecule has 9 heteroatoms. The molecule has 0 aromatic carbocycles. The molecule has 0 spiro atoms. The molecule has 0 amide bonds. The van der Waals surface area contributed by atoms with E-state index in [1.165, 1.54) is 7.05 Å². The SMILES string of the molecule is CNS(=O)(=O)CCCn1c(C(C)OC)nc2c(N)ncc(C)c21. The average Bonchev–Trinajstić information content (AvgIpc) is 2.91. The van der Waals surface area contributed by atoms with Crippen molar-refractivity contribution in [3.63, 3.8) is 0 Å². The lowest BCUT2D eigenvalue weighted by atomic mass is 10.2. The Hall–Kier alpha value is -1.71. The number of pyridine rings is 1. The highest BCUT2D eigenvalue weighted by Gasteiger charge is 2.20. The first kappa shape index (κ1) is 17.6. The largest absolute Gasteiger partial charge is 0.382 e. The zero-order chi connectivity index (χ0) is 17.2. The van der Waals surface area contributed by atoms with Crippen LogP contribution in [0.1, 0.15) is 30.8 Å². The first-order valence-corrected chi connectivity index (χ1v) is 9.01. The van der Waals surface area contributed by atoms with Gasteiger partial charge in [-0.25, -0.2) is 23.1 Å². The van der Waals surface area contributed by atoms with Gasteiger partial charge >= 0.3 is 0 Å². The topological polar surface area (TPSA) is 112 Å². The maximum absolute atomic E-state index is 11.6. The van der Waals surface area contributed by atoms with Crippen LogP contribution in [-0.4, -0.2) is 42.9 Å². The second-order valence-electron chi connectivity index (χ2n) is 5.40. The summed E-state index contributed by atoms with van der Waals surface area (Å²) in [4.78, 5) is 8.70. The molecule has 0 fully saturated rings. The van der Waals surface area contributed by atoms with Gasteiger partial charge in [0.1, 0.15) is 17.4 Å². The van der Waals surface area contributed by atoms with Crippen molar-refractivity contribution < 1.29 is 13.2 Å². The molecule has 0 saturated heterocycles. The molecule has 2 aromatic rings. The monoisotopic (exact) mass is 341 g/mol. The number of hydrogen-bond donors (Lipinski definition) is 2. The Morgan fingerprint density at radius 1 is 1.48 bits per heavy atom. The number of aromatic nitrogens is 3. The highest BCUT2D eigenvalue weighted by Crippen LogP contribution is 2.27. The van der Waals surface area contributed by atoms with E-state index in [1.807, 2.05) is 18.4 Å². The number of methoxy groups -OCH3 is 1. The van der Waals surface area contributed by atoms with Gasteiger partial charge in [-0.3, -0.25) is 0 Å². The Bertz CT molecular complexity index is 800. The van der Waals surface area contributed by atoms with Crippen LogP contribution in [0.2, 0.25) is 0 Å². The molecular formula is C14H23N5O3S. The molecule has 23 heavy (non-hydrogen) atoms. The normalized spacial score (nSPS) is 13.6. The van der Waals surface area contributed by atoms with Gasteiger partial charge in [-0.15, -0.1) is 0 Å². The number of anilines is 1. The van der Waals surface area contributed by atoms with E-state index in [0.29, 0.717) is 30.1 Å². The predicted octanol–water partition coefficient (Wildman–Crippen LogP) is 0.969. The first-order valence-electron chi connectivity index (χ1n) is 7.36. The zero-order valence-corrected chi connectivity index (χ0v) is 14.6. The number of hydrogen-bond acceptors (Lipinski definition) is 6. The number of fused-ring (bicyclic) bond motifs is 1. The lowest BCUT2D eigenvalue weighted by Crippen LogP contribution is -2.23. The summed E-state index contributed by atoms with van der Waals surface area (Å²) in [5, 5.41) is 0. The highest BCUT2D eigenvalue weighted by atomic mass is 32.2. The van der Waals surface area contributed by atoms with E-state index in [2.05, 4.69) is 14.7 Å². The van der Waals surface area contributed by atoms with Crippen molar-refractivity contribution in [2.45, 2.75) is 32.9 Å². The van der Waals surface area contributed by atoms with Gasteiger partial charge in [0.2, 0.25) is 10.0 Å². The summed E-state index contributed by atoms with van der Waals surface area (Å²) in [5.41, 5.74) is 8.37. The van der Waals surface area contributed by atoms with Gasteiger partial charge in [0, 0.05) is 19.9 Å². The van der Waals surface area contributed by atoms with Gasteiger partial charge in [-0.2, -0.15) is 0 Å². The number of nitrogens with two attached hydrogens (primary N) is 1. The molecule has 2 heterocycles. The second-order valence-corrected chi connectivity index (χ2v) is 7.45. The minimum absolute atomic E-state index is 0.0452. The Balaban J connectivity index is 2.45. The molecule has 3 N–H and O–H groups in total. The van der Waals surface area contributed by atoms with Gasteiger partial charge in [0.25, 0.3) is 0 Å². The van der Waals surface area contributed by atoms with Crippen molar-refractivity contribution in [3.05, 3.63) is 17.6 Å². The van der Waals surface area contributed by atoms with Crippen molar-refractivity contribution in [1.29, 1.82) is 0 Å². The molecular weight excluding hydrogens is 318 g/mol. The van der Waals surface area contributed by atoms with E-state index in [0.717, 1.165) is 11.1 Å². The fourth-order valence-corrected chi connectivity index (χ4v) is 3.21. The van der Waals surface area contributed by atoms with E-state index in [1.54, 1.807) is 13.3 Å². The third-order valence-corrected chi connectivity index (χ3v) is 5.28. The summed E-state index contributed by atoms with van der Waals surface area (Å²) in [6.45, 7) is 4.32. The third kappa shape index (κ3) is 3.62. The number of nitrogens with zero attached hydrogens (tertiary/aromatic N) is 3. The number of sulfonamides is 1. The van der Waals surface area contributed by atoms with Gasteiger partial charge in [0.05, 0.1) is 11.3 Å². The standard InChI is InChI=1S/C14H23N5O3S/c1-9-8-17-13(15)11-12(9)19(14(18-11)10(2)22-4)6-5-7-23(20,21)16-3/h8,10,16H,5-7H2,1-4H3,(H2,15,17). The number of nitrogens with one attached hydrogen (secondary N) is 1. The van der Waals surface area contributed by atoms with Crippen LogP contribution in [0.25, 0.3) is 11.0 Å². The molecule has 0 aliphatic heterocycles. The molecule has 0 bridgehead atoms. The minimum atomic E-state index is -3.23. The smallest absolute Gasteiger partial charge is 0.211 e. The lowest BCUT2D eigenvalue weighted by Gasteiger charge is -2.14. The molecule has 1 unspecified atom stereocenters. The molecule has 2 aromatic heterocycles. The summed E-state index contributed by atoms with van der Waals surface area (Å²) in [6, 6.07) is 0. The fourth-order valence-electron chi connectivity index (χ4n) is 2.49. The fraction of sp³-hybridized carbons (Fsp3) is 0.571. The molecule has 8 nitrogen and oxygen atoms in total. The third-order valence-electron chi connectivity index (χ3n) is 3.83. The molecule has 0 aliphatic rings. The maximum Gasteiger partial charge on any atom is 0.211 e. The molecule has 0 radical (unpaired) electrons. The number of nitrogen functional groups attached to an aromatic ring is 1. The Labute approximate surface area is 136 Å². The molecule has 0 aliphatic carbocycles. The van der Waals surface area contributed by atoms with Crippen LogP contribution in [0.15, 0.2) is 6.20 Å². The molecule has 2 rings (SSSR count). The molecule has 0 saturated carbocycles. The van der Waals surface area contributed by atoms with Crippen molar-refractivity contribution in [1.82, 2.24) is 19.3 Å². The van der Waals surface area contributed by atoms with Crippen LogP contribution in [0, 0.1) is 6.92 Å². The number of imidazole rings is 1. The summed E-state index contributed by atoms with van der Waals surface area (Å²) in [6.07, 6.45) is 1.92. The van der Waals surface area contributed by atoms with Crippen molar-refractivity contribution >= 4 is 26.9 Å². The minimum Gasteiger partial charge on any atom is -0.382 e. The van der Waals surface area contributed by atoms with Crippen molar-refractivity contribution in [2.24, 2.45) is 0 Å².